The van der Waals surface area contributed by atoms with Crippen LogP contribution in [0.25, 0.3) is 0 Å². The van der Waals surface area contributed by atoms with Crippen molar-refractivity contribution in [3.8, 4) is 11.5 Å². The van der Waals surface area contributed by atoms with E-state index >= 15 is 0 Å². The van der Waals surface area contributed by atoms with Gasteiger partial charge in [-0.1, -0.05) is 53.2 Å². The molecule has 2 aromatic rings. The maximum Gasteiger partial charge on any atom is 0.166 e. The molecule has 25 heavy (non-hydrogen) atoms. The lowest BCUT2D eigenvalue weighted by atomic mass is 10.1. The lowest BCUT2D eigenvalue weighted by molar-refractivity contribution is 0.289. The second kappa shape index (κ2) is 10.5. The van der Waals surface area contributed by atoms with Crippen LogP contribution in [0.1, 0.15) is 37.8 Å². The molecule has 0 aliphatic rings. The Morgan fingerprint density at radius 3 is 2.56 bits per heavy atom. The summed E-state index contributed by atoms with van der Waals surface area (Å²) >= 11 is 3.65. The van der Waals surface area contributed by atoms with Crippen molar-refractivity contribution in [3.05, 3.63) is 58.1 Å². The van der Waals surface area contributed by atoms with Crippen LogP contribution in [0.2, 0.25) is 0 Å². The van der Waals surface area contributed by atoms with Crippen molar-refractivity contribution in [1.29, 1.82) is 0 Å². The van der Waals surface area contributed by atoms with Gasteiger partial charge in [-0.05, 0) is 43.9 Å². The molecule has 0 fully saturated rings. The normalized spacial score (nSPS) is 12.0. The summed E-state index contributed by atoms with van der Waals surface area (Å²) in [4.78, 5) is 0. The van der Waals surface area contributed by atoms with Gasteiger partial charge < -0.3 is 14.8 Å². The largest absolute Gasteiger partial charge is 0.493 e. The molecular weight excluding hydrogens is 378 g/mol. The van der Waals surface area contributed by atoms with E-state index in [0.29, 0.717) is 12.6 Å². The zero-order valence-corrected chi connectivity index (χ0v) is 16.9. The molecule has 0 spiro atoms. The minimum atomic E-state index is 0.414. The minimum Gasteiger partial charge on any atom is -0.493 e. The summed E-state index contributed by atoms with van der Waals surface area (Å²) in [6.07, 6.45) is 3.14. The smallest absolute Gasteiger partial charge is 0.166 e. The number of nitrogens with one attached hydrogen (secondary N) is 1. The first-order valence-electron chi connectivity index (χ1n) is 8.91. The molecule has 1 atom stereocenters. The van der Waals surface area contributed by atoms with Crippen LogP contribution in [0.3, 0.4) is 0 Å². The highest BCUT2D eigenvalue weighted by Crippen LogP contribution is 2.36. The summed E-state index contributed by atoms with van der Waals surface area (Å²) < 4.78 is 12.5. The van der Waals surface area contributed by atoms with E-state index in [1.807, 2.05) is 12.1 Å². The van der Waals surface area contributed by atoms with Gasteiger partial charge in [-0.25, -0.2) is 0 Å². The summed E-state index contributed by atoms with van der Waals surface area (Å²) in [6.45, 7) is 5.76. The summed E-state index contributed by atoms with van der Waals surface area (Å²) in [5, 5.41) is 3.61. The van der Waals surface area contributed by atoms with Crippen LogP contribution in [0.5, 0.6) is 11.5 Å². The van der Waals surface area contributed by atoms with Gasteiger partial charge in [0.15, 0.2) is 11.5 Å². The highest BCUT2D eigenvalue weighted by Gasteiger charge is 2.15. The third-order valence-electron chi connectivity index (χ3n) is 4.17. The van der Waals surface area contributed by atoms with E-state index in [1.54, 1.807) is 7.11 Å². The number of aryl methyl sites for hydroxylation is 1. The Hall–Kier alpha value is -1.52. The average molecular weight is 406 g/mol. The molecule has 0 aliphatic heterocycles. The first-order chi connectivity index (χ1) is 12.2. The van der Waals surface area contributed by atoms with Gasteiger partial charge in [0.25, 0.3) is 0 Å². The maximum absolute atomic E-state index is 5.96. The van der Waals surface area contributed by atoms with Crippen LogP contribution in [-0.4, -0.2) is 19.8 Å². The third-order valence-corrected chi connectivity index (χ3v) is 4.92. The molecule has 0 radical (unpaired) electrons. The van der Waals surface area contributed by atoms with Gasteiger partial charge in [0.2, 0.25) is 0 Å². The van der Waals surface area contributed by atoms with Crippen molar-refractivity contribution in [2.45, 2.75) is 45.7 Å². The van der Waals surface area contributed by atoms with Gasteiger partial charge in [0.1, 0.15) is 0 Å². The molecular formula is C21H28BrNO2. The summed E-state index contributed by atoms with van der Waals surface area (Å²) in [7, 11) is 1.68. The number of hydrogen-bond acceptors (Lipinski definition) is 3. The van der Waals surface area contributed by atoms with Crippen molar-refractivity contribution >= 4 is 15.9 Å². The molecule has 0 saturated heterocycles. The fourth-order valence-electron chi connectivity index (χ4n) is 2.68. The molecule has 1 N–H and O–H groups in total. The number of methoxy groups -OCH3 is 1. The molecule has 2 aromatic carbocycles. The van der Waals surface area contributed by atoms with E-state index in [0.717, 1.165) is 47.3 Å². The molecule has 136 valence electrons. The van der Waals surface area contributed by atoms with Gasteiger partial charge in [0.05, 0.1) is 13.7 Å². The Kier molecular flexibility index (Phi) is 8.29. The van der Waals surface area contributed by atoms with Crippen LogP contribution in [0, 0.1) is 0 Å². The number of benzene rings is 2. The fraction of sp³-hybridized carbons (Fsp3) is 0.429. The lowest BCUT2D eigenvalue weighted by Crippen LogP contribution is -2.26. The molecule has 2 rings (SSSR count). The van der Waals surface area contributed by atoms with Crippen LogP contribution in [0.15, 0.2) is 46.9 Å². The van der Waals surface area contributed by atoms with E-state index in [4.69, 9.17) is 9.47 Å². The molecule has 3 nitrogen and oxygen atoms in total. The molecule has 0 bridgehead atoms. The number of ether oxygens (including phenoxy) is 2. The molecule has 0 aromatic heterocycles. The molecule has 0 heterocycles. The van der Waals surface area contributed by atoms with Crippen molar-refractivity contribution in [1.82, 2.24) is 5.32 Å². The quantitative estimate of drug-likeness (QED) is 0.577. The van der Waals surface area contributed by atoms with Crippen molar-refractivity contribution < 1.29 is 9.47 Å². The zero-order chi connectivity index (χ0) is 18.1. The van der Waals surface area contributed by atoms with Gasteiger partial charge in [0, 0.05) is 22.6 Å². The number of halogens is 1. The van der Waals surface area contributed by atoms with Crippen LogP contribution in [-0.2, 0) is 13.0 Å². The van der Waals surface area contributed by atoms with Crippen LogP contribution in [0.4, 0.5) is 0 Å². The van der Waals surface area contributed by atoms with Crippen molar-refractivity contribution in [2.24, 2.45) is 0 Å². The Bertz CT molecular complexity index is 646. The predicted octanol–water partition coefficient (Wildman–Crippen LogP) is 5.36. The second-order valence-electron chi connectivity index (χ2n) is 6.21. The van der Waals surface area contributed by atoms with Crippen LogP contribution < -0.4 is 14.8 Å². The SMILES string of the molecule is CCCOc1c(OC)ccc(Br)c1CNC(C)CCc1ccccc1. The standard InChI is InChI=1S/C21H28BrNO2/c1-4-14-25-21-18(19(22)12-13-20(21)24-3)15-23-16(2)10-11-17-8-6-5-7-9-17/h5-9,12-13,16,23H,4,10-11,14-15H2,1-3H3. The summed E-state index contributed by atoms with van der Waals surface area (Å²) in [5.41, 5.74) is 2.49. The van der Waals surface area contributed by atoms with Gasteiger partial charge in [-0.15, -0.1) is 0 Å². The summed E-state index contributed by atoms with van der Waals surface area (Å²) in [5.74, 6) is 1.62. The molecule has 0 saturated carbocycles. The van der Waals surface area contributed by atoms with Crippen LogP contribution >= 0.6 is 15.9 Å². The van der Waals surface area contributed by atoms with Gasteiger partial charge in [-0.3, -0.25) is 0 Å². The summed E-state index contributed by atoms with van der Waals surface area (Å²) in [6, 6.07) is 15.0. The number of rotatable bonds is 10. The molecule has 0 amide bonds. The first-order valence-corrected chi connectivity index (χ1v) is 9.70. The fourth-order valence-corrected chi connectivity index (χ4v) is 3.13. The molecule has 4 heteroatoms. The second-order valence-corrected chi connectivity index (χ2v) is 7.07. The van der Waals surface area contributed by atoms with E-state index in [9.17, 15) is 0 Å². The topological polar surface area (TPSA) is 30.5 Å². The monoisotopic (exact) mass is 405 g/mol. The Labute approximate surface area is 159 Å². The maximum atomic E-state index is 5.96. The predicted molar refractivity (Wildman–Crippen MR) is 108 cm³/mol. The van der Waals surface area contributed by atoms with E-state index < -0.39 is 0 Å². The van der Waals surface area contributed by atoms with E-state index in [1.165, 1.54) is 5.56 Å². The Balaban J connectivity index is 1.98. The third kappa shape index (κ3) is 6.05. The highest BCUT2D eigenvalue weighted by atomic mass is 79.9. The van der Waals surface area contributed by atoms with Crippen molar-refractivity contribution in [2.75, 3.05) is 13.7 Å². The first kappa shape index (κ1) is 19.8. The Morgan fingerprint density at radius 2 is 1.88 bits per heavy atom. The Morgan fingerprint density at radius 1 is 1.12 bits per heavy atom. The highest BCUT2D eigenvalue weighted by molar-refractivity contribution is 9.10. The molecule has 0 aliphatic carbocycles. The molecule has 1 unspecified atom stereocenters. The van der Waals surface area contributed by atoms with Gasteiger partial charge in [-0.2, -0.15) is 0 Å². The minimum absolute atomic E-state index is 0.414. The van der Waals surface area contributed by atoms with E-state index in [2.05, 4.69) is 65.4 Å². The zero-order valence-electron chi connectivity index (χ0n) is 15.3. The van der Waals surface area contributed by atoms with Gasteiger partial charge >= 0.3 is 0 Å². The average Bonchev–Trinajstić information content (AvgIpc) is 2.64. The lowest BCUT2D eigenvalue weighted by Gasteiger charge is -2.19. The van der Waals surface area contributed by atoms with Crippen molar-refractivity contribution in [3.63, 3.8) is 0 Å². The number of hydrogen-bond donors (Lipinski definition) is 1. The van der Waals surface area contributed by atoms with E-state index in [-0.39, 0.29) is 0 Å².